The van der Waals surface area contributed by atoms with E-state index in [1.165, 1.54) is 10.8 Å². The van der Waals surface area contributed by atoms with Crippen LogP contribution in [0.4, 0.5) is 25.2 Å². The standard InChI is InChI=1S/C10H8.C5H5.F6P.Fe/c1-2-6-10-8-4-3-7-9(10)5-1;1-2-4-5-3-1;1-7(2,3,4,5)6;/h1-8H;1-3H,4H2;;/q;2*-1;. The summed E-state index contributed by atoms with van der Waals surface area (Å²) < 4.78 is 59.2. The zero-order valence-corrected chi connectivity index (χ0v) is 13.6. The first-order valence-corrected chi connectivity index (χ1v) is 8.16. The first-order chi connectivity index (χ1) is 9.92. The van der Waals surface area contributed by atoms with E-state index in [1.54, 1.807) is 0 Å². The molecule has 0 aromatic heterocycles. The molecule has 1 aliphatic carbocycles. The first-order valence-electron chi connectivity index (χ1n) is 6.14. The molecule has 0 atom stereocenters. The van der Waals surface area contributed by atoms with E-state index in [0.29, 0.717) is 0 Å². The second-order valence-corrected chi connectivity index (χ2v) is 6.23. The van der Waals surface area contributed by atoms with E-state index in [9.17, 15) is 25.2 Å². The van der Waals surface area contributed by atoms with Gasteiger partial charge in [0.2, 0.25) is 0 Å². The van der Waals surface area contributed by atoms with E-state index < -0.39 is 7.81 Å². The molecule has 0 radical (unpaired) electrons. The summed E-state index contributed by atoms with van der Waals surface area (Å²) in [5, 5.41) is 2.62. The Bertz CT molecular complexity index is 590. The molecule has 23 heavy (non-hydrogen) atoms. The molecule has 0 nitrogen and oxygen atoms in total. The molecule has 2 aromatic rings. The van der Waals surface area contributed by atoms with Crippen LogP contribution in [0.2, 0.25) is 0 Å². The molecular weight excluding hydrogens is 381 g/mol. The summed E-state index contributed by atoms with van der Waals surface area (Å²) in [6.45, 7) is 0. The Morgan fingerprint density at radius 2 is 1.09 bits per heavy atom. The monoisotopic (exact) mass is 394 g/mol. The average molecular weight is 394 g/mol. The number of benzene rings is 2. The molecule has 130 valence electrons. The third-order valence-corrected chi connectivity index (χ3v) is 2.24. The van der Waals surface area contributed by atoms with E-state index in [1.807, 2.05) is 12.2 Å². The smallest absolute Gasteiger partial charge is 0 e. The van der Waals surface area contributed by atoms with Gasteiger partial charge in [-0.1, -0.05) is 48.5 Å². The molecule has 0 amide bonds. The van der Waals surface area contributed by atoms with E-state index in [0.717, 1.165) is 6.42 Å². The Hall–Kier alpha value is -1.29. The number of rotatable bonds is 0. The number of hydrogen-bond acceptors (Lipinski definition) is 0. The van der Waals surface area contributed by atoms with Crippen molar-refractivity contribution in [2.24, 2.45) is 0 Å². The Balaban J connectivity index is 0.000000330. The maximum Gasteiger partial charge on any atom is 0 e. The van der Waals surface area contributed by atoms with Crippen molar-refractivity contribution in [3.8, 4) is 0 Å². The summed E-state index contributed by atoms with van der Waals surface area (Å²) in [6.07, 6.45) is 10.0. The van der Waals surface area contributed by atoms with Crippen molar-refractivity contribution in [2.75, 3.05) is 0 Å². The summed E-state index contributed by atoms with van der Waals surface area (Å²) in [7, 11) is -10.7. The molecule has 0 saturated heterocycles. The third kappa shape index (κ3) is 15.4. The van der Waals surface area contributed by atoms with Crippen LogP contribution in [0.5, 0.6) is 0 Å². The summed E-state index contributed by atoms with van der Waals surface area (Å²) in [6, 6.07) is 16.7. The molecule has 0 fully saturated rings. The van der Waals surface area contributed by atoms with Crippen molar-refractivity contribution in [3.63, 3.8) is 0 Å². The quantitative estimate of drug-likeness (QED) is 0.188. The fourth-order valence-electron chi connectivity index (χ4n) is 1.47. The van der Waals surface area contributed by atoms with Crippen molar-refractivity contribution >= 4 is 18.6 Å². The molecule has 0 N–H and O–H groups in total. The van der Waals surface area contributed by atoms with Crippen LogP contribution in [0, 0.1) is 6.08 Å². The minimum atomic E-state index is -10.7. The van der Waals surface area contributed by atoms with Gasteiger partial charge in [0.25, 0.3) is 0 Å². The molecule has 0 unspecified atom stereocenters. The van der Waals surface area contributed by atoms with E-state index >= 15 is 0 Å². The largest absolute Gasteiger partial charge is 0.273 e. The number of fused-ring (bicyclic) bond motifs is 1. The SMILES string of the molecule is F[P-](F)(F)(F)(F)F.[C-]1=CC=CC1.[Fe].c1ccc2ccccc2c1. The van der Waals surface area contributed by atoms with Gasteiger partial charge >= 0.3 is 33.0 Å². The molecule has 0 heterocycles. The number of hydrogen-bond donors (Lipinski definition) is 0. The topological polar surface area (TPSA) is 0 Å². The summed E-state index contributed by atoms with van der Waals surface area (Å²) in [5.74, 6) is 0. The predicted molar refractivity (Wildman–Crippen MR) is 79.1 cm³/mol. The van der Waals surface area contributed by atoms with Crippen LogP contribution in [0.15, 0.2) is 66.8 Å². The Labute approximate surface area is 140 Å². The van der Waals surface area contributed by atoms with Gasteiger partial charge in [-0.2, -0.15) is 6.08 Å². The maximum atomic E-state index is 9.87. The normalized spacial score (nSPS) is 15.2. The van der Waals surface area contributed by atoms with Crippen LogP contribution in [-0.2, 0) is 17.1 Å². The van der Waals surface area contributed by atoms with E-state index in [-0.39, 0.29) is 17.1 Å². The Morgan fingerprint density at radius 1 is 0.739 bits per heavy atom. The van der Waals surface area contributed by atoms with Gasteiger partial charge < -0.3 is 0 Å². The molecule has 3 rings (SSSR count). The van der Waals surface area contributed by atoms with Gasteiger partial charge in [0.15, 0.2) is 0 Å². The van der Waals surface area contributed by atoms with Gasteiger partial charge in [-0.25, -0.2) is 12.2 Å². The summed E-state index contributed by atoms with van der Waals surface area (Å²) in [4.78, 5) is 0. The molecule has 2 aromatic carbocycles. The molecule has 0 aliphatic heterocycles. The van der Waals surface area contributed by atoms with Crippen LogP contribution in [0.3, 0.4) is 0 Å². The molecule has 8 heteroatoms. The molecule has 1 aliphatic rings. The molecule has 0 spiro atoms. The Kier molecular flexibility index (Phi) is 7.10. The van der Waals surface area contributed by atoms with Crippen molar-refractivity contribution in [3.05, 3.63) is 72.8 Å². The molecular formula is C15H13F6FeP-2. The van der Waals surface area contributed by atoms with Gasteiger partial charge in [0.1, 0.15) is 0 Å². The fourth-order valence-corrected chi connectivity index (χ4v) is 1.47. The minimum absolute atomic E-state index is 0. The number of halogens is 6. The van der Waals surface area contributed by atoms with Gasteiger partial charge in [0, 0.05) is 17.1 Å². The Morgan fingerprint density at radius 3 is 1.26 bits per heavy atom. The summed E-state index contributed by atoms with van der Waals surface area (Å²) in [5.41, 5.74) is 0. The van der Waals surface area contributed by atoms with Crippen molar-refractivity contribution in [2.45, 2.75) is 6.42 Å². The van der Waals surface area contributed by atoms with Crippen molar-refractivity contribution in [1.82, 2.24) is 0 Å². The van der Waals surface area contributed by atoms with Gasteiger partial charge in [-0.15, -0.1) is 6.42 Å². The van der Waals surface area contributed by atoms with Crippen LogP contribution in [0.1, 0.15) is 6.42 Å². The van der Waals surface area contributed by atoms with E-state index in [2.05, 4.69) is 60.7 Å². The zero-order chi connectivity index (χ0) is 16.8. The van der Waals surface area contributed by atoms with Gasteiger partial charge in [-0.05, 0) is 10.8 Å². The minimum Gasteiger partial charge on any atom is -0.273 e. The van der Waals surface area contributed by atoms with Crippen LogP contribution in [0.25, 0.3) is 10.8 Å². The summed E-state index contributed by atoms with van der Waals surface area (Å²) >= 11 is 0. The maximum absolute atomic E-state index is 10.7. The van der Waals surface area contributed by atoms with Gasteiger partial charge in [-0.3, -0.25) is 6.08 Å². The average Bonchev–Trinajstić information content (AvgIpc) is 2.94. The van der Waals surface area contributed by atoms with Crippen molar-refractivity contribution < 1.29 is 42.3 Å². The van der Waals surface area contributed by atoms with Crippen LogP contribution >= 0.6 is 7.81 Å². The zero-order valence-electron chi connectivity index (χ0n) is 11.6. The molecule has 0 bridgehead atoms. The second kappa shape index (κ2) is 7.52. The predicted octanol–water partition coefficient (Wildman–Crippen LogP) is 7.53. The van der Waals surface area contributed by atoms with Crippen LogP contribution < -0.4 is 0 Å². The van der Waals surface area contributed by atoms with Crippen LogP contribution in [-0.4, -0.2) is 0 Å². The van der Waals surface area contributed by atoms with E-state index in [4.69, 9.17) is 0 Å². The number of allylic oxidation sites excluding steroid dienone is 4. The second-order valence-electron chi connectivity index (χ2n) is 4.31. The fraction of sp³-hybridized carbons (Fsp3) is 0.0667. The van der Waals surface area contributed by atoms with Gasteiger partial charge in [0.05, 0.1) is 0 Å². The van der Waals surface area contributed by atoms with Crippen molar-refractivity contribution in [1.29, 1.82) is 0 Å². The molecule has 0 saturated carbocycles. The third-order valence-electron chi connectivity index (χ3n) is 2.24. The first kappa shape index (κ1) is 21.7.